The molecular weight excluding hydrogens is 311 g/mol. The molecule has 132 valence electrons. The molecule has 1 saturated carbocycles. The number of nitrogens with one attached hydrogen (secondary N) is 1. The van der Waals surface area contributed by atoms with Crippen molar-refractivity contribution in [3.05, 3.63) is 34.7 Å². The minimum atomic E-state index is 0.470. The van der Waals surface area contributed by atoms with Crippen LogP contribution in [0.5, 0.6) is 0 Å². The fourth-order valence-corrected chi connectivity index (χ4v) is 4.07. The molecule has 0 saturated heterocycles. The predicted octanol–water partition coefficient (Wildman–Crippen LogP) is 4.89. The van der Waals surface area contributed by atoms with Gasteiger partial charge in [0.2, 0.25) is 0 Å². The molecule has 0 bridgehead atoms. The van der Waals surface area contributed by atoms with Crippen LogP contribution < -0.4 is 5.32 Å². The summed E-state index contributed by atoms with van der Waals surface area (Å²) in [5.74, 6) is 0.554. The molecule has 0 spiro atoms. The molecule has 24 heavy (non-hydrogen) atoms. The number of allylic oxidation sites excluding steroid dienone is 1. The van der Waals surface area contributed by atoms with E-state index in [9.17, 15) is 0 Å². The monoisotopic (exact) mass is 344 g/mol. The summed E-state index contributed by atoms with van der Waals surface area (Å²) in [6, 6.07) is 1.22. The number of hydrogen-bond donors (Lipinski definition) is 1. The van der Waals surface area contributed by atoms with Crippen molar-refractivity contribution >= 4 is 21.4 Å². The van der Waals surface area contributed by atoms with Gasteiger partial charge in [0.1, 0.15) is 0 Å². The minimum absolute atomic E-state index is 0.470. The normalized spacial score (nSPS) is 21.3. The van der Waals surface area contributed by atoms with Gasteiger partial charge >= 0.3 is 0 Å². The average Bonchev–Trinajstić information content (AvgIpc) is 3.36. The third-order valence-corrected chi connectivity index (χ3v) is 5.87. The predicted molar refractivity (Wildman–Crippen MR) is 109 cm³/mol. The first-order valence-electron chi connectivity index (χ1n) is 9.75. The van der Waals surface area contributed by atoms with Gasteiger partial charge in [0.05, 0.1) is 0 Å². The number of rotatable bonds is 8. The van der Waals surface area contributed by atoms with E-state index in [1.54, 1.807) is 5.57 Å². The highest BCUT2D eigenvalue weighted by Gasteiger charge is 2.27. The molecule has 3 heteroatoms. The number of aromatic nitrogens is 1. The lowest BCUT2D eigenvalue weighted by Gasteiger charge is -2.23. The maximum Gasteiger partial charge on any atom is 0.0480 e. The van der Waals surface area contributed by atoms with Gasteiger partial charge in [-0.05, 0) is 75.2 Å². The van der Waals surface area contributed by atoms with E-state index in [2.05, 4.69) is 64.3 Å². The van der Waals surface area contributed by atoms with Gasteiger partial charge in [-0.25, -0.2) is 0 Å². The van der Waals surface area contributed by atoms with Crippen molar-refractivity contribution in [2.45, 2.75) is 71.5 Å². The average molecular weight is 344 g/mol. The summed E-state index contributed by atoms with van der Waals surface area (Å²) >= 11 is 0. The van der Waals surface area contributed by atoms with Crippen molar-refractivity contribution < 1.29 is 0 Å². The molecule has 0 amide bonds. The van der Waals surface area contributed by atoms with E-state index in [1.165, 1.54) is 55.1 Å². The van der Waals surface area contributed by atoms with Crippen LogP contribution in [0.25, 0.3) is 12.2 Å². The smallest absolute Gasteiger partial charge is 0.0480 e. The minimum Gasteiger partial charge on any atom is -0.347 e. The zero-order valence-electron chi connectivity index (χ0n) is 15.5. The molecule has 2 aliphatic rings. The van der Waals surface area contributed by atoms with Gasteiger partial charge in [0, 0.05) is 36.1 Å². The molecule has 3 unspecified atom stereocenters. The van der Waals surface area contributed by atoms with Crippen molar-refractivity contribution in [1.82, 2.24) is 9.88 Å². The van der Waals surface area contributed by atoms with Gasteiger partial charge in [0.25, 0.3) is 0 Å². The van der Waals surface area contributed by atoms with Gasteiger partial charge in [-0.15, -0.1) is 9.24 Å². The SMILES string of the molecule is CCC1C=Cc2c(c(CCCP)cn2CC)C=C1C(C)NC1CC1. The first kappa shape index (κ1) is 18.0. The molecule has 1 aromatic heterocycles. The van der Waals surface area contributed by atoms with Crippen molar-refractivity contribution in [2.75, 3.05) is 6.16 Å². The molecular formula is C21H33N2P. The number of fused-ring (bicyclic) bond motifs is 1. The second-order valence-electron chi connectivity index (χ2n) is 7.31. The Morgan fingerprint density at radius 1 is 1.33 bits per heavy atom. The Kier molecular flexibility index (Phi) is 6.00. The van der Waals surface area contributed by atoms with E-state index < -0.39 is 0 Å². The molecule has 2 aliphatic carbocycles. The lowest BCUT2D eigenvalue weighted by Crippen LogP contribution is -2.32. The van der Waals surface area contributed by atoms with Crippen molar-refractivity contribution in [3.63, 3.8) is 0 Å². The third kappa shape index (κ3) is 3.86. The number of aryl methyl sites for hydroxylation is 2. The molecule has 1 aromatic rings. The highest BCUT2D eigenvalue weighted by molar-refractivity contribution is 7.16. The summed E-state index contributed by atoms with van der Waals surface area (Å²) in [5, 5.41) is 3.82. The summed E-state index contributed by atoms with van der Waals surface area (Å²) in [6.07, 6.45) is 17.2. The van der Waals surface area contributed by atoms with Crippen LogP contribution in [0, 0.1) is 5.92 Å². The Hall–Kier alpha value is -0.850. The van der Waals surface area contributed by atoms with E-state index in [0.29, 0.717) is 12.0 Å². The second-order valence-corrected chi connectivity index (χ2v) is 7.89. The van der Waals surface area contributed by atoms with E-state index >= 15 is 0 Å². The Labute approximate surface area is 150 Å². The topological polar surface area (TPSA) is 17.0 Å². The standard InChI is InChI=1S/C21H33N2P/c1-4-16-8-11-21-20(13-19(16)15(3)22-18-9-10-18)17(7-6-12-24)14-23(21)5-2/h8,11,13-16,18,22H,4-7,9-10,12,24H2,1-3H3. The van der Waals surface area contributed by atoms with Crippen LogP contribution in [-0.4, -0.2) is 22.8 Å². The van der Waals surface area contributed by atoms with Gasteiger partial charge in [-0.3, -0.25) is 0 Å². The Balaban J connectivity index is 1.99. The van der Waals surface area contributed by atoms with Gasteiger partial charge in [0.15, 0.2) is 0 Å². The zero-order chi connectivity index (χ0) is 17.1. The van der Waals surface area contributed by atoms with Gasteiger partial charge in [-0.1, -0.05) is 19.1 Å². The van der Waals surface area contributed by atoms with Crippen LogP contribution in [0.15, 0.2) is 17.8 Å². The van der Waals surface area contributed by atoms with Crippen LogP contribution in [0.4, 0.5) is 0 Å². The Morgan fingerprint density at radius 2 is 2.12 bits per heavy atom. The molecule has 1 heterocycles. The molecule has 0 radical (unpaired) electrons. The molecule has 2 nitrogen and oxygen atoms in total. The molecule has 3 atom stereocenters. The summed E-state index contributed by atoms with van der Waals surface area (Å²) in [5.41, 5.74) is 5.97. The first-order valence-corrected chi connectivity index (χ1v) is 10.6. The highest BCUT2D eigenvalue weighted by atomic mass is 31.0. The Morgan fingerprint density at radius 3 is 2.75 bits per heavy atom. The van der Waals surface area contributed by atoms with Gasteiger partial charge in [-0.2, -0.15) is 0 Å². The van der Waals surface area contributed by atoms with Crippen LogP contribution in [0.2, 0.25) is 0 Å². The molecule has 1 fully saturated rings. The Bertz CT molecular complexity index is 622. The quantitative estimate of drug-likeness (QED) is 0.664. The third-order valence-electron chi connectivity index (χ3n) is 5.46. The van der Waals surface area contributed by atoms with Crippen molar-refractivity contribution in [3.8, 4) is 0 Å². The lowest BCUT2D eigenvalue weighted by molar-refractivity contribution is 0.553. The fraction of sp³-hybridized carbons (Fsp3) is 0.619. The second kappa shape index (κ2) is 8.02. The maximum atomic E-state index is 3.82. The summed E-state index contributed by atoms with van der Waals surface area (Å²) < 4.78 is 2.43. The first-order chi connectivity index (χ1) is 11.7. The summed E-state index contributed by atoms with van der Waals surface area (Å²) in [6.45, 7) is 7.96. The largest absolute Gasteiger partial charge is 0.347 e. The highest BCUT2D eigenvalue weighted by Crippen LogP contribution is 2.33. The molecule has 3 rings (SSSR count). The summed E-state index contributed by atoms with van der Waals surface area (Å²) in [4.78, 5) is 0. The summed E-state index contributed by atoms with van der Waals surface area (Å²) in [7, 11) is 2.86. The zero-order valence-corrected chi connectivity index (χ0v) is 16.7. The number of nitrogens with zero attached hydrogens (tertiary/aromatic N) is 1. The van der Waals surface area contributed by atoms with E-state index in [-0.39, 0.29) is 0 Å². The van der Waals surface area contributed by atoms with Crippen LogP contribution >= 0.6 is 9.24 Å². The van der Waals surface area contributed by atoms with E-state index in [0.717, 1.165) is 12.6 Å². The van der Waals surface area contributed by atoms with E-state index in [4.69, 9.17) is 0 Å². The van der Waals surface area contributed by atoms with Crippen LogP contribution in [0.3, 0.4) is 0 Å². The number of hydrogen-bond acceptors (Lipinski definition) is 1. The van der Waals surface area contributed by atoms with Crippen molar-refractivity contribution in [1.29, 1.82) is 0 Å². The molecule has 1 N–H and O–H groups in total. The maximum absolute atomic E-state index is 3.82. The van der Waals surface area contributed by atoms with Gasteiger partial charge < -0.3 is 9.88 Å². The molecule has 0 aliphatic heterocycles. The van der Waals surface area contributed by atoms with Crippen molar-refractivity contribution in [2.24, 2.45) is 5.92 Å². The van der Waals surface area contributed by atoms with E-state index in [1.807, 2.05) is 0 Å². The van der Waals surface area contributed by atoms with Crippen LogP contribution in [0.1, 0.15) is 63.3 Å². The lowest BCUT2D eigenvalue weighted by atomic mass is 9.90. The van der Waals surface area contributed by atoms with Crippen LogP contribution in [-0.2, 0) is 13.0 Å². The fourth-order valence-electron chi connectivity index (χ4n) is 3.86. The molecule has 0 aromatic carbocycles.